The Bertz CT molecular complexity index is 352. The van der Waals surface area contributed by atoms with E-state index in [2.05, 4.69) is 0 Å². The molecule has 1 unspecified atom stereocenters. The number of nitrogens with two attached hydrogens (primary N) is 1. The number of thiocarbonyl (C=S) groups is 1. The van der Waals surface area contributed by atoms with Gasteiger partial charge in [-0.25, -0.2) is 8.42 Å². The second-order valence-corrected chi connectivity index (χ2v) is 7.13. The lowest BCUT2D eigenvalue weighted by Crippen LogP contribution is -2.50. The summed E-state index contributed by atoms with van der Waals surface area (Å²) < 4.78 is 25.7. The van der Waals surface area contributed by atoms with Crippen LogP contribution >= 0.6 is 12.2 Å². The van der Waals surface area contributed by atoms with E-state index in [4.69, 9.17) is 18.0 Å². The van der Waals surface area contributed by atoms with E-state index >= 15 is 0 Å². The first kappa shape index (κ1) is 13.9. The lowest BCUT2D eigenvalue weighted by Gasteiger charge is -2.34. The molecule has 1 fully saturated rings. The topological polar surface area (TPSA) is 63.4 Å². The van der Waals surface area contributed by atoms with Crippen molar-refractivity contribution in [2.75, 3.05) is 12.3 Å². The lowest BCUT2D eigenvalue weighted by atomic mass is 10.1. The van der Waals surface area contributed by atoms with Crippen LogP contribution in [0.2, 0.25) is 0 Å². The van der Waals surface area contributed by atoms with Crippen LogP contribution in [0.15, 0.2) is 0 Å². The van der Waals surface area contributed by atoms with Crippen LogP contribution in [0.3, 0.4) is 0 Å². The predicted molar refractivity (Wildman–Crippen MR) is 69.8 cm³/mol. The van der Waals surface area contributed by atoms with Crippen molar-refractivity contribution >= 4 is 27.2 Å². The van der Waals surface area contributed by atoms with Crippen LogP contribution in [0.4, 0.5) is 0 Å². The largest absolute Gasteiger partial charge is 0.392 e. The zero-order valence-corrected chi connectivity index (χ0v) is 11.5. The first-order chi connectivity index (χ1) is 7.34. The van der Waals surface area contributed by atoms with Crippen molar-refractivity contribution in [3.8, 4) is 0 Å². The zero-order chi connectivity index (χ0) is 12.3. The van der Waals surface area contributed by atoms with Gasteiger partial charge in [0.1, 0.15) is 0 Å². The first-order valence-electron chi connectivity index (χ1n) is 5.63. The summed E-state index contributed by atoms with van der Waals surface area (Å²) in [6.07, 6.45) is 2.65. The van der Waals surface area contributed by atoms with Crippen molar-refractivity contribution in [2.24, 2.45) is 11.7 Å². The minimum absolute atomic E-state index is 0.124. The van der Waals surface area contributed by atoms with Crippen LogP contribution in [-0.4, -0.2) is 36.1 Å². The minimum atomic E-state index is -3.21. The molecular formula is C10H20N2O2S2. The summed E-state index contributed by atoms with van der Waals surface area (Å²) in [5.41, 5.74) is 5.61. The number of rotatable bonds is 4. The molecule has 1 aliphatic rings. The summed E-state index contributed by atoms with van der Waals surface area (Å²) in [6.45, 7) is 4.35. The molecule has 0 aromatic carbocycles. The molecule has 2 N–H and O–H groups in total. The van der Waals surface area contributed by atoms with Crippen molar-refractivity contribution in [3.63, 3.8) is 0 Å². The molecule has 0 amide bonds. The van der Waals surface area contributed by atoms with Gasteiger partial charge < -0.3 is 5.73 Å². The first-order valence-corrected chi connectivity index (χ1v) is 7.65. The Morgan fingerprint density at radius 1 is 1.50 bits per heavy atom. The molecule has 0 aromatic rings. The van der Waals surface area contributed by atoms with Gasteiger partial charge in [-0.05, 0) is 18.8 Å². The Balaban J connectivity index is 2.86. The number of nitrogens with zero attached hydrogens (tertiary/aromatic N) is 1. The van der Waals surface area contributed by atoms with Crippen molar-refractivity contribution < 1.29 is 8.42 Å². The Morgan fingerprint density at radius 3 is 2.62 bits per heavy atom. The molecule has 6 heteroatoms. The van der Waals surface area contributed by atoms with Gasteiger partial charge in [0.05, 0.1) is 16.8 Å². The van der Waals surface area contributed by atoms with Gasteiger partial charge >= 0.3 is 0 Å². The third kappa shape index (κ3) is 3.40. The van der Waals surface area contributed by atoms with E-state index in [0.717, 1.165) is 19.3 Å². The average Bonchev–Trinajstić information content (AvgIpc) is 2.15. The van der Waals surface area contributed by atoms with E-state index < -0.39 is 10.0 Å². The molecule has 94 valence electrons. The summed E-state index contributed by atoms with van der Waals surface area (Å²) in [4.78, 5) is 0.298. The number of hydrogen-bond donors (Lipinski definition) is 1. The molecule has 0 aliphatic carbocycles. The second kappa shape index (κ2) is 5.42. The van der Waals surface area contributed by atoms with Crippen molar-refractivity contribution in [1.82, 2.24) is 4.31 Å². The van der Waals surface area contributed by atoms with E-state index in [9.17, 15) is 8.42 Å². The highest BCUT2D eigenvalue weighted by atomic mass is 32.2. The van der Waals surface area contributed by atoms with Crippen LogP contribution in [0.25, 0.3) is 0 Å². The van der Waals surface area contributed by atoms with Gasteiger partial charge in [-0.3, -0.25) is 0 Å². The van der Waals surface area contributed by atoms with Crippen LogP contribution in [0.5, 0.6) is 0 Å². The van der Waals surface area contributed by atoms with E-state index in [0.29, 0.717) is 11.5 Å². The fourth-order valence-electron chi connectivity index (χ4n) is 2.04. The third-order valence-corrected chi connectivity index (χ3v) is 5.19. The van der Waals surface area contributed by atoms with E-state index in [1.54, 1.807) is 0 Å². The second-order valence-electron chi connectivity index (χ2n) is 4.70. The summed E-state index contributed by atoms with van der Waals surface area (Å²) in [6, 6.07) is -0.271. The predicted octanol–water partition coefficient (Wildman–Crippen LogP) is 1.11. The van der Waals surface area contributed by atoms with Crippen LogP contribution in [0, 0.1) is 5.92 Å². The highest BCUT2D eigenvalue weighted by molar-refractivity contribution is 7.89. The molecule has 0 radical (unpaired) electrons. The average molecular weight is 264 g/mol. The Morgan fingerprint density at radius 2 is 2.12 bits per heavy atom. The fraction of sp³-hybridized carbons (Fsp3) is 0.900. The van der Waals surface area contributed by atoms with Gasteiger partial charge in [0.25, 0.3) is 0 Å². The summed E-state index contributed by atoms with van der Waals surface area (Å²) in [5, 5.41) is 0. The molecular weight excluding hydrogens is 244 g/mol. The summed E-state index contributed by atoms with van der Waals surface area (Å²) in [5.74, 6) is 0.297. The smallest absolute Gasteiger partial charge is 0.214 e. The zero-order valence-electron chi connectivity index (χ0n) is 9.85. The maximum absolute atomic E-state index is 12.1. The Labute approximate surface area is 103 Å². The van der Waals surface area contributed by atoms with Gasteiger partial charge in [0.2, 0.25) is 10.0 Å². The Kier molecular flexibility index (Phi) is 4.70. The SMILES string of the molecule is CC(C)CS(=O)(=O)N1CCCCC1C(N)=S. The quantitative estimate of drug-likeness (QED) is 0.773. The molecule has 1 rings (SSSR count). The molecule has 0 spiro atoms. The Hall–Kier alpha value is -0.200. The molecule has 1 aliphatic heterocycles. The van der Waals surface area contributed by atoms with Crippen LogP contribution in [0.1, 0.15) is 33.1 Å². The molecule has 1 atom stereocenters. The summed E-state index contributed by atoms with van der Waals surface area (Å²) >= 11 is 4.95. The fourth-order valence-corrected chi connectivity index (χ4v) is 4.40. The highest BCUT2D eigenvalue weighted by Gasteiger charge is 2.33. The molecule has 1 saturated heterocycles. The maximum atomic E-state index is 12.1. The van der Waals surface area contributed by atoms with Crippen molar-refractivity contribution in [2.45, 2.75) is 39.2 Å². The number of hydrogen-bond acceptors (Lipinski definition) is 3. The maximum Gasteiger partial charge on any atom is 0.214 e. The van der Waals surface area contributed by atoms with Crippen molar-refractivity contribution in [1.29, 1.82) is 0 Å². The molecule has 1 heterocycles. The number of sulfonamides is 1. The van der Waals surface area contributed by atoms with Gasteiger partial charge in [0.15, 0.2) is 0 Å². The highest BCUT2D eigenvalue weighted by Crippen LogP contribution is 2.22. The van der Waals surface area contributed by atoms with Crippen LogP contribution < -0.4 is 5.73 Å². The minimum Gasteiger partial charge on any atom is -0.392 e. The van der Waals surface area contributed by atoms with E-state index in [1.807, 2.05) is 13.8 Å². The number of piperidine rings is 1. The van der Waals surface area contributed by atoms with Crippen LogP contribution in [-0.2, 0) is 10.0 Å². The normalized spacial score (nSPS) is 23.6. The van der Waals surface area contributed by atoms with Gasteiger partial charge in [-0.1, -0.05) is 32.5 Å². The van der Waals surface area contributed by atoms with Crippen molar-refractivity contribution in [3.05, 3.63) is 0 Å². The molecule has 0 aromatic heterocycles. The molecule has 4 nitrogen and oxygen atoms in total. The molecule has 0 bridgehead atoms. The monoisotopic (exact) mass is 264 g/mol. The lowest BCUT2D eigenvalue weighted by molar-refractivity contribution is 0.305. The molecule has 0 saturated carbocycles. The van der Waals surface area contributed by atoms with E-state index in [-0.39, 0.29) is 17.7 Å². The van der Waals surface area contributed by atoms with Gasteiger partial charge in [0, 0.05) is 6.54 Å². The summed E-state index contributed by atoms with van der Waals surface area (Å²) in [7, 11) is -3.21. The van der Waals surface area contributed by atoms with Gasteiger partial charge in [-0.2, -0.15) is 4.31 Å². The van der Waals surface area contributed by atoms with E-state index in [1.165, 1.54) is 4.31 Å². The molecule has 16 heavy (non-hydrogen) atoms. The third-order valence-electron chi connectivity index (χ3n) is 2.68. The standard InChI is InChI=1S/C10H20N2O2S2/c1-8(2)7-16(13,14)12-6-4-3-5-9(12)10(11)15/h8-9H,3-7H2,1-2H3,(H2,11,15). The van der Waals surface area contributed by atoms with Gasteiger partial charge in [-0.15, -0.1) is 0 Å².